The molecule has 1 aromatic rings. The molecule has 104 valence electrons. The Hall–Kier alpha value is -1.42. The van der Waals surface area contributed by atoms with Crippen molar-refractivity contribution in [1.82, 2.24) is 10.2 Å². The van der Waals surface area contributed by atoms with Gasteiger partial charge in [0.05, 0.1) is 0 Å². The highest BCUT2D eigenvalue weighted by molar-refractivity contribution is 5.76. The number of rotatable bonds is 5. The van der Waals surface area contributed by atoms with Crippen molar-refractivity contribution in [2.24, 2.45) is 0 Å². The maximum absolute atomic E-state index is 13.6. The first-order valence-corrected chi connectivity index (χ1v) is 6.94. The third-order valence-corrected chi connectivity index (χ3v) is 3.62. The van der Waals surface area contributed by atoms with E-state index in [1.165, 1.54) is 6.07 Å². The van der Waals surface area contributed by atoms with Crippen LogP contribution >= 0.6 is 0 Å². The summed E-state index contributed by atoms with van der Waals surface area (Å²) in [5.74, 6) is -0.000830. The Bertz CT molecular complexity index is 430. The molecule has 1 aliphatic heterocycles. The number of carbonyl (C=O) groups excluding carboxylic acids is 1. The fourth-order valence-electron chi connectivity index (χ4n) is 2.46. The lowest BCUT2D eigenvalue weighted by atomic mass is 10.1. The largest absolute Gasteiger partial charge is 0.343 e. The molecule has 4 heteroatoms. The normalized spacial score (nSPS) is 16.6. The second-order valence-electron chi connectivity index (χ2n) is 5.04. The molecule has 1 aromatic carbocycles. The van der Waals surface area contributed by atoms with Crippen LogP contribution < -0.4 is 5.32 Å². The average Bonchev–Trinajstić information content (AvgIpc) is 2.93. The number of hydrogen-bond donors (Lipinski definition) is 1. The molecule has 1 N–H and O–H groups in total. The first-order chi connectivity index (χ1) is 9.18. The van der Waals surface area contributed by atoms with E-state index in [-0.39, 0.29) is 17.8 Å². The summed E-state index contributed by atoms with van der Waals surface area (Å²) in [4.78, 5) is 13.8. The molecule has 1 aliphatic rings. The lowest BCUT2D eigenvalue weighted by molar-refractivity contribution is -0.130. The Morgan fingerprint density at radius 1 is 1.37 bits per heavy atom. The summed E-state index contributed by atoms with van der Waals surface area (Å²) in [5.41, 5.74) is 0.649. The lowest BCUT2D eigenvalue weighted by Gasteiger charge is -2.18. The number of nitrogens with one attached hydrogen (secondary N) is 1. The molecule has 1 heterocycles. The van der Waals surface area contributed by atoms with Gasteiger partial charge in [-0.25, -0.2) is 4.39 Å². The molecule has 1 unspecified atom stereocenters. The fourth-order valence-corrected chi connectivity index (χ4v) is 2.46. The number of nitrogens with zero attached hydrogens (tertiary/aromatic N) is 1. The van der Waals surface area contributed by atoms with Crippen LogP contribution in [0, 0.1) is 5.82 Å². The molecule has 0 aliphatic carbocycles. The van der Waals surface area contributed by atoms with E-state index < -0.39 is 0 Å². The number of hydrogen-bond acceptors (Lipinski definition) is 2. The summed E-state index contributed by atoms with van der Waals surface area (Å²) < 4.78 is 13.6. The van der Waals surface area contributed by atoms with Crippen molar-refractivity contribution in [2.45, 2.75) is 32.2 Å². The number of carbonyl (C=O) groups is 1. The predicted molar refractivity (Wildman–Crippen MR) is 73.2 cm³/mol. The van der Waals surface area contributed by atoms with Gasteiger partial charge in [0.1, 0.15) is 5.82 Å². The van der Waals surface area contributed by atoms with Crippen molar-refractivity contribution >= 4 is 5.91 Å². The summed E-state index contributed by atoms with van der Waals surface area (Å²) in [6, 6.07) is 6.67. The monoisotopic (exact) mass is 264 g/mol. The zero-order valence-corrected chi connectivity index (χ0v) is 11.4. The van der Waals surface area contributed by atoms with Crippen LogP contribution in [0.5, 0.6) is 0 Å². The molecule has 0 spiro atoms. The molecule has 3 nitrogen and oxygen atoms in total. The van der Waals surface area contributed by atoms with Crippen molar-refractivity contribution in [3.05, 3.63) is 35.6 Å². The molecule has 19 heavy (non-hydrogen) atoms. The topological polar surface area (TPSA) is 32.3 Å². The Labute approximate surface area is 113 Å². The molecule has 2 rings (SSSR count). The van der Waals surface area contributed by atoms with Crippen LogP contribution in [0.4, 0.5) is 4.39 Å². The van der Waals surface area contributed by atoms with Gasteiger partial charge >= 0.3 is 0 Å². The van der Waals surface area contributed by atoms with Crippen molar-refractivity contribution in [2.75, 3.05) is 19.6 Å². The molecule has 0 aromatic heterocycles. The van der Waals surface area contributed by atoms with Gasteiger partial charge in [-0.15, -0.1) is 0 Å². The first kappa shape index (κ1) is 14.0. The zero-order valence-electron chi connectivity index (χ0n) is 11.4. The van der Waals surface area contributed by atoms with E-state index in [2.05, 4.69) is 5.32 Å². The van der Waals surface area contributed by atoms with Gasteiger partial charge in [0, 0.05) is 37.7 Å². The van der Waals surface area contributed by atoms with Crippen LogP contribution in [0.2, 0.25) is 0 Å². The minimum absolute atomic E-state index is 0.0763. The van der Waals surface area contributed by atoms with Crippen LogP contribution in [-0.4, -0.2) is 30.4 Å². The maximum atomic E-state index is 13.6. The summed E-state index contributed by atoms with van der Waals surface area (Å²) in [6.45, 7) is 4.28. The van der Waals surface area contributed by atoms with Gasteiger partial charge in [-0.3, -0.25) is 4.79 Å². The van der Waals surface area contributed by atoms with Crippen LogP contribution in [0.15, 0.2) is 24.3 Å². The van der Waals surface area contributed by atoms with E-state index in [1.807, 2.05) is 17.9 Å². The van der Waals surface area contributed by atoms with Crippen LogP contribution in [0.3, 0.4) is 0 Å². The van der Waals surface area contributed by atoms with Gasteiger partial charge in [-0.05, 0) is 25.8 Å². The SMILES string of the molecule is CC(NCCC(=O)N1CCCC1)c1ccccc1F. The Balaban J connectivity index is 1.76. The van der Waals surface area contributed by atoms with Gasteiger partial charge in [-0.1, -0.05) is 18.2 Å². The smallest absolute Gasteiger partial charge is 0.223 e. The Morgan fingerprint density at radius 3 is 2.74 bits per heavy atom. The molecule has 1 saturated heterocycles. The number of halogens is 1. The predicted octanol–water partition coefficient (Wildman–Crippen LogP) is 2.49. The van der Waals surface area contributed by atoms with Crippen molar-refractivity contribution in [1.29, 1.82) is 0 Å². The van der Waals surface area contributed by atoms with Crippen LogP contribution in [0.1, 0.15) is 37.8 Å². The van der Waals surface area contributed by atoms with E-state index in [9.17, 15) is 9.18 Å². The second kappa shape index (κ2) is 6.66. The van der Waals surface area contributed by atoms with Crippen molar-refractivity contribution in [3.8, 4) is 0 Å². The molecule has 1 fully saturated rings. The van der Waals surface area contributed by atoms with Gasteiger partial charge in [0.2, 0.25) is 5.91 Å². The van der Waals surface area contributed by atoms with E-state index >= 15 is 0 Å². The Morgan fingerprint density at radius 2 is 2.05 bits per heavy atom. The molecular weight excluding hydrogens is 243 g/mol. The standard InChI is InChI=1S/C15H21FN2O/c1-12(13-6-2-3-7-14(13)16)17-9-8-15(19)18-10-4-5-11-18/h2-3,6-7,12,17H,4-5,8-11H2,1H3. The summed E-state index contributed by atoms with van der Waals surface area (Å²) in [5, 5.41) is 3.21. The maximum Gasteiger partial charge on any atom is 0.223 e. The number of likely N-dealkylation sites (tertiary alicyclic amines) is 1. The Kier molecular flexibility index (Phi) is 4.91. The van der Waals surface area contributed by atoms with E-state index in [4.69, 9.17) is 0 Å². The minimum Gasteiger partial charge on any atom is -0.343 e. The highest BCUT2D eigenvalue weighted by atomic mass is 19.1. The van der Waals surface area contributed by atoms with Crippen molar-refractivity contribution in [3.63, 3.8) is 0 Å². The summed E-state index contributed by atoms with van der Waals surface area (Å²) in [7, 11) is 0. The molecule has 1 atom stereocenters. The minimum atomic E-state index is -0.201. The van der Waals surface area contributed by atoms with Gasteiger partial charge in [0.25, 0.3) is 0 Å². The second-order valence-corrected chi connectivity index (χ2v) is 5.04. The van der Waals surface area contributed by atoms with E-state index in [0.29, 0.717) is 18.5 Å². The lowest BCUT2D eigenvalue weighted by Crippen LogP contribution is -2.31. The quantitative estimate of drug-likeness (QED) is 0.886. The van der Waals surface area contributed by atoms with Crippen LogP contribution in [0.25, 0.3) is 0 Å². The van der Waals surface area contributed by atoms with E-state index in [1.54, 1.807) is 12.1 Å². The van der Waals surface area contributed by atoms with Gasteiger partial charge < -0.3 is 10.2 Å². The number of benzene rings is 1. The van der Waals surface area contributed by atoms with Crippen LogP contribution in [-0.2, 0) is 4.79 Å². The van der Waals surface area contributed by atoms with Gasteiger partial charge in [0.15, 0.2) is 0 Å². The number of amides is 1. The molecule has 1 amide bonds. The third-order valence-electron chi connectivity index (χ3n) is 3.62. The zero-order chi connectivity index (χ0) is 13.7. The fraction of sp³-hybridized carbons (Fsp3) is 0.533. The highest BCUT2D eigenvalue weighted by Gasteiger charge is 2.17. The molecule has 0 bridgehead atoms. The highest BCUT2D eigenvalue weighted by Crippen LogP contribution is 2.16. The summed E-state index contributed by atoms with van der Waals surface area (Å²) >= 11 is 0. The average molecular weight is 264 g/mol. The molecule has 0 saturated carbocycles. The van der Waals surface area contributed by atoms with E-state index in [0.717, 1.165) is 25.9 Å². The third kappa shape index (κ3) is 3.77. The molecular formula is C15H21FN2O. The van der Waals surface area contributed by atoms with Crippen molar-refractivity contribution < 1.29 is 9.18 Å². The first-order valence-electron chi connectivity index (χ1n) is 6.94. The molecule has 0 radical (unpaired) electrons. The summed E-state index contributed by atoms with van der Waals surface area (Å²) in [6.07, 6.45) is 2.72. The van der Waals surface area contributed by atoms with Gasteiger partial charge in [-0.2, -0.15) is 0 Å².